The van der Waals surface area contributed by atoms with Gasteiger partial charge in [-0.25, -0.2) is 57.8 Å². The first-order chi connectivity index (χ1) is 56.8. The van der Waals surface area contributed by atoms with Crippen LogP contribution in [0.15, 0.2) is 108 Å². The molecule has 0 spiro atoms. The average molecular weight is 1700 g/mol. The highest BCUT2D eigenvalue weighted by atomic mass is 31.2. The molecule has 8 aromatic heterocycles. The molecule has 45 nitrogen and oxygen atoms in total. The Hall–Kier alpha value is -10.9. The summed E-state index contributed by atoms with van der Waals surface area (Å²) >= 11 is 0. The number of hydrogen-bond acceptors (Lipinski definition) is 35. The van der Waals surface area contributed by atoms with Crippen molar-refractivity contribution in [2.24, 2.45) is 11.8 Å². The number of ether oxygens (including phenoxy) is 4. The van der Waals surface area contributed by atoms with Gasteiger partial charge in [0.15, 0.2) is 93.5 Å². The maximum atomic E-state index is 16.8. The van der Waals surface area contributed by atoms with Gasteiger partial charge >= 0.3 is 23.9 Å². The first-order valence-electron chi connectivity index (χ1n) is 36.4. The number of aromatic amines is 2. The number of nitriles is 2. The van der Waals surface area contributed by atoms with Gasteiger partial charge in [0.05, 0.1) is 102 Å². The number of halogens is 2. The zero-order valence-corrected chi connectivity index (χ0v) is 65.1. The van der Waals surface area contributed by atoms with E-state index >= 15 is 22.5 Å². The summed E-state index contributed by atoms with van der Waals surface area (Å²) in [7, 11) is -14.5. The lowest BCUT2D eigenvalue weighted by Gasteiger charge is -2.26. The molecule has 12 heterocycles. The average Bonchev–Trinajstić information content (AvgIpc) is 1.65. The maximum Gasteiger partial charge on any atom is 0.475 e. The van der Waals surface area contributed by atoms with E-state index in [1.807, 2.05) is 12.1 Å². The van der Waals surface area contributed by atoms with Crippen molar-refractivity contribution in [2.75, 3.05) is 60.9 Å². The van der Waals surface area contributed by atoms with Crippen LogP contribution in [0.25, 0.3) is 44.7 Å². The maximum absolute atomic E-state index is 16.8. The molecule has 4 aliphatic rings. The predicted octanol–water partition coefficient (Wildman–Crippen LogP) is 5.70. The van der Waals surface area contributed by atoms with E-state index in [4.69, 9.17) is 55.1 Å². The monoisotopic (exact) mass is 1700 g/mol. The van der Waals surface area contributed by atoms with Crippen LogP contribution in [0, 0.1) is 34.5 Å². The second-order valence-electron chi connectivity index (χ2n) is 27.3. The second kappa shape index (κ2) is 36.1. The van der Waals surface area contributed by atoms with Crippen molar-refractivity contribution in [1.29, 1.82) is 10.5 Å². The Morgan fingerprint density at radius 3 is 1.31 bits per heavy atom. The van der Waals surface area contributed by atoms with Crippen LogP contribution in [0.3, 0.4) is 0 Å². The van der Waals surface area contributed by atoms with Crippen LogP contribution in [0.5, 0.6) is 0 Å². The number of carbonyl (C=O) groups excluding carboxylic acids is 4. The number of aromatic nitrogens is 16. The molecule has 0 radical (unpaired) electrons. The van der Waals surface area contributed by atoms with Crippen LogP contribution < -0.4 is 32.4 Å². The van der Waals surface area contributed by atoms with E-state index in [1.54, 1.807) is 88.4 Å². The van der Waals surface area contributed by atoms with E-state index in [1.165, 1.54) is 21.8 Å². The number of hydrogen-bond donors (Lipinski definition) is 8. The number of aliphatic hydroxyl groups is 2. The van der Waals surface area contributed by atoms with Gasteiger partial charge in [0.2, 0.25) is 23.7 Å². The number of nitrogens with one attached hydrogen (secondary N) is 6. The summed E-state index contributed by atoms with van der Waals surface area (Å²) in [6.45, 7) is 1.47. The van der Waals surface area contributed by atoms with Crippen LogP contribution in [-0.2, 0) is 78.4 Å². The Kier molecular flexibility index (Phi) is 25.6. The Morgan fingerprint density at radius 2 is 0.932 bits per heavy atom. The molecule has 4 aliphatic heterocycles. The molecule has 8 N–H and O–H groups in total. The van der Waals surface area contributed by atoms with Gasteiger partial charge < -0.3 is 48.8 Å². The highest BCUT2D eigenvalue weighted by Gasteiger charge is 2.54. The second-order valence-corrected chi connectivity index (χ2v) is 31.5. The minimum absolute atomic E-state index is 0.00298. The summed E-state index contributed by atoms with van der Waals surface area (Å²) in [5.74, 6) is -4.18. The minimum Gasteiger partial charge on any atom is -0.394 e. The quantitative estimate of drug-likeness (QED) is 0.0177. The number of aliphatic hydroxyl groups excluding tert-OH is 2. The number of fused-ring (bicyclic) bond motifs is 4. The molecule has 10 aromatic rings. The van der Waals surface area contributed by atoms with Crippen molar-refractivity contribution in [3.05, 3.63) is 130 Å². The van der Waals surface area contributed by atoms with Gasteiger partial charge in [-0.3, -0.25) is 99.3 Å². The predicted molar refractivity (Wildman–Crippen MR) is 399 cm³/mol. The van der Waals surface area contributed by atoms with Crippen LogP contribution in [0.4, 0.5) is 32.3 Å². The minimum atomic E-state index is -5.23. The number of alkyl halides is 2. The lowest BCUT2D eigenvalue weighted by Crippen LogP contribution is -2.32. The molecule has 2 unspecified atom stereocenters. The third kappa shape index (κ3) is 18.1. The molecule has 4 fully saturated rings. The number of H-pyrrole nitrogens is 2. The van der Waals surface area contributed by atoms with Gasteiger partial charge in [0.1, 0.15) is 49.3 Å². The van der Waals surface area contributed by atoms with E-state index in [-0.39, 0.29) is 92.2 Å². The number of amides is 4. The zero-order chi connectivity index (χ0) is 83.3. The Morgan fingerprint density at radius 1 is 0.551 bits per heavy atom. The summed E-state index contributed by atoms with van der Waals surface area (Å²) in [5.41, 5.74) is -2.39. The molecule has 2 aromatic carbocycles. The molecule has 0 bridgehead atoms. The lowest BCUT2D eigenvalue weighted by molar-refractivity contribution is -0.119. The molecule has 4 saturated heterocycles. The van der Waals surface area contributed by atoms with Gasteiger partial charge in [-0.05, 0) is 24.3 Å². The third-order valence-corrected chi connectivity index (χ3v) is 22.6. The summed E-state index contributed by atoms with van der Waals surface area (Å²) in [6.07, 6.45) is -19.2. The topological polar surface area (TPSA) is 581 Å². The van der Waals surface area contributed by atoms with Crippen molar-refractivity contribution in [3.63, 3.8) is 0 Å². The molecule has 622 valence electrons. The van der Waals surface area contributed by atoms with Crippen molar-refractivity contribution in [2.45, 2.75) is 139 Å². The van der Waals surface area contributed by atoms with Crippen molar-refractivity contribution >= 4 is 116 Å². The smallest absolute Gasteiger partial charge is 0.394 e. The highest BCUT2D eigenvalue weighted by Crippen LogP contribution is 2.57. The molecule has 0 aliphatic carbocycles. The fraction of sp³-hybridized carbons (Fsp3) is 0.441. The molecular formula is C68H73F2N22O23P3. The summed E-state index contributed by atoms with van der Waals surface area (Å²) in [5, 5.41) is 50.3. The van der Waals surface area contributed by atoms with Crippen molar-refractivity contribution in [1.82, 2.24) is 78.1 Å². The number of imidazole rings is 4. The van der Waals surface area contributed by atoms with E-state index in [9.17, 15) is 49.5 Å². The summed E-state index contributed by atoms with van der Waals surface area (Å²) < 4.78 is 157. The largest absolute Gasteiger partial charge is 0.475 e. The van der Waals surface area contributed by atoms with Crippen LogP contribution >= 0.6 is 23.9 Å². The number of phosphoric acid groups is 2. The number of anilines is 4. The van der Waals surface area contributed by atoms with Crippen LogP contribution in [0.1, 0.15) is 99.0 Å². The molecular weight excluding hydrogens is 1620 g/mol. The Bertz CT molecular complexity index is 5370. The van der Waals surface area contributed by atoms with Crippen LogP contribution in [0.2, 0.25) is 0 Å². The zero-order valence-electron chi connectivity index (χ0n) is 62.3. The standard InChI is InChI=1S/C68H73F2N22O23P3/c1-33(2)57(95)85-67-83-55-47(61(99)87-67)79-31-91(55)65-49(43(69)41(23-93)110-65)114-117(102,104-19-11-17-71)106-25-37-21-39(63(108-37)89-29-77-45-51(73-27-75-53(45)89)81-59(97)35-13-7-5-8-14-35)112-116(101)113-40-22-38(109-64(40)90-30-78-46-52(74-28-76-54(46)90)82-60(98)36-15-9-6-10-16-36)26-107-118(103,105-20-12-18-72)115-50-44(70)42(24-94)111-66(50)92-32-80-48-56(92)84-68(88-62(48)100)86-58(96)34(3)4/h5-10,13-16,27-34,37-44,49-50,63-66,93-94,116H,11-12,19-26H2,1-4H3,(H,73,75,81,97)(H,74,76,82,98)(H2,83,85,87,95,99)(H2,84,86,88,96,100)/t37-,38-,39+,40+,41+,42+,43+,44+,49+,50+,63+,64+,65+,66+,117?,118?/m0/s1. The SMILES string of the molecule is CC(C)C(=O)Nc1nc2c(ncn2[C@@H]2O[C@H](CO)[C@@H](F)[C@H]2OP(=O)(OCCC#N)OC[C@@H]2C[C@@H](O[PH](=O)O[C@@H]3C[C@@H](COP(=O)(OCCC#N)O[C@@H]4[C@H](F)[C@@H](CO)O[C@H]4n4cnc5c(=O)[nH]c(NC(=O)C(C)C)nc54)O[C@H]3n3cnc4c(NC(=O)c5ccccc5)ncnc43)[C@H](n3cnc4c(NC(=O)c5ccccc5)ncnc43)O2)c(=O)[nH]1. The van der Waals surface area contributed by atoms with Gasteiger partial charge in [0, 0.05) is 35.8 Å². The number of nitrogens with zero attached hydrogens (tertiary/aromatic N) is 16. The normalized spacial score (nSPS) is 24.5. The number of benzene rings is 2. The van der Waals surface area contributed by atoms with E-state index in [0.717, 1.165) is 34.4 Å². The van der Waals surface area contributed by atoms with Crippen molar-refractivity contribution in [3.8, 4) is 12.1 Å². The summed E-state index contributed by atoms with van der Waals surface area (Å²) in [4.78, 5) is 127. The number of rotatable bonds is 34. The van der Waals surface area contributed by atoms with Gasteiger partial charge in [-0.2, -0.15) is 20.5 Å². The van der Waals surface area contributed by atoms with Gasteiger partial charge in [-0.15, -0.1) is 0 Å². The van der Waals surface area contributed by atoms with E-state index in [2.05, 4.69) is 81.1 Å². The van der Waals surface area contributed by atoms with Gasteiger partial charge in [0.25, 0.3) is 22.9 Å². The fourth-order valence-electron chi connectivity index (χ4n) is 12.9. The van der Waals surface area contributed by atoms with Crippen LogP contribution in [-0.4, -0.2) is 213 Å². The first-order valence-corrected chi connectivity index (χ1v) is 40.5. The molecule has 50 heteroatoms. The van der Waals surface area contributed by atoms with E-state index in [0.29, 0.717) is 0 Å². The molecule has 14 rings (SSSR count). The molecule has 16 atom stereocenters. The Balaban J connectivity index is 0.764. The molecule has 118 heavy (non-hydrogen) atoms. The van der Waals surface area contributed by atoms with Crippen molar-refractivity contribution < 1.29 is 107 Å². The first kappa shape index (κ1) is 83.6. The number of phosphoric ester groups is 2. The fourth-order valence-corrected chi connectivity index (χ4v) is 16.6. The van der Waals surface area contributed by atoms with E-state index < -0.39 is 209 Å². The summed E-state index contributed by atoms with van der Waals surface area (Å²) in [6, 6.07) is 19.9. The molecule has 0 saturated carbocycles. The Labute approximate surface area is 663 Å². The molecule has 4 amide bonds. The lowest BCUT2D eigenvalue weighted by atomic mass is 10.1. The third-order valence-electron chi connectivity index (χ3n) is 18.7. The van der Waals surface area contributed by atoms with Gasteiger partial charge in [-0.1, -0.05) is 64.1 Å². The highest BCUT2D eigenvalue weighted by molar-refractivity contribution is 7.48. The number of carbonyl (C=O) groups is 4.